The number of hydrogen-bond donors (Lipinski definition) is 2. The van der Waals surface area contributed by atoms with Crippen LogP contribution in [0.3, 0.4) is 0 Å². The van der Waals surface area contributed by atoms with Gasteiger partial charge in [0.1, 0.15) is 12.1 Å². The molecule has 0 aliphatic rings. The molecule has 0 saturated carbocycles. The molecule has 0 spiro atoms. The Labute approximate surface area is 169 Å². The molecule has 0 bridgehead atoms. The van der Waals surface area contributed by atoms with Gasteiger partial charge in [0, 0.05) is 13.1 Å². The summed E-state index contributed by atoms with van der Waals surface area (Å²) in [5.41, 5.74) is 2.16. The van der Waals surface area contributed by atoms with Crippen LogP contribution in [-0.4, -0.2) is 38.2 Å². The van der Waals surface area contributed by atoms with Crippen LogP contribution in [0.25, 0.3) is 0 Å². The maximum atomic E-state index is 12.0. The first-order chi connectivity index (χ1) is 13.3. The fourth-order valence-corrected chi connectivity index (χ4v) is 3.08. The summed E-state index contributed by atoms with van der Waals surface area (Å²) >= 11 is 0. The van der Waals surface area contributed by atoms with Crippen molar-refractivity contribution in [1.82, 2.24) is 10.6 Å². The molecule has 0 aliphatic carbocycles. The quantitative estimate of drug-likeness (QED) is 0.533. The van der Waals surface area contributed by atoms with Crippen molar-refractivity contribution in [3.05, 3.63) is 35.4 Å². The van der Waals surface area contributed by atoms with Gasteiger partial charge in [0.25, 0.3) is 0 Å². The smallest absolute Gasteiger partial charge is 0.322 e. The van der Waals surface area contributed by atoms with Gasteiger partial charge in [-0.3, -0.25) is 9.59 Å². The Morgan fingerprint density at radius 1 is 0.821 bits per heavy atom. The zero-order valence-electron chi connectivity index (χ0n) is 18.1. The first-order valence-corrected chi connectivity index (χ1v) is 9.97. The maximum Gasteiger partial charge on any atom is 0.322 e. The summed E-state index contributed by atoms with van der Waals surface area (Å²) in [6, 6.07) is 7.47. The summed E-state index contributed by atoms with van der Waals surface area (Å²) in [4.78, 5) is 23.9. The third-order valence-corrected chi connectivity index (χ3v) is 4.48. The molecule has 158 valence electrons. The lowest BCUT2D eigenvalue weighted by atomic mass is 10.0. The maximum absolute atomic E-state index is 12.0. The summed E-state index contributed by atoms with van der Waals surface area (Å²) in [7, 11) is 2.83. The molecule has 0 amide bonds. The van der Waals surface area contributed by atoms with E-state index in [1.165, 1.54) is 14.2 Å². The zero-order valence-corrected chi connectivity index (χ0v) is 18.1. The fourth-order valence-electron chi connectivity index (χ4n) is 3.08. The van der Waals surface area contributed by atoms with Gasteiger partial charge in [-0.05, 0) is 35.8 Å². The van der Waals surface area contributed by atoms with Gasteiger partial charge in [-0.25, -0.2) is 0 Å². The Balaban J connectivity index is 2.69. The van der Waals surface area contributed by atoms with Gasteiger partial charge in [-0.15, -0.1) is 0 Å². The fraction of sp³-hybridized carbons (Fsp3) is 0.636. The van der Waals surface area contributed by atoms with E-state index >= 15 is 0 Å². The van der Waals surface area contributed by atoms with Crippen molar-refractivity contribution < 1.29 is 19.1 Å². The molecule has 0 radical (unpaired) electrons. The molecule has 6 nitrogen and oxygen atoms in total. The Bertz CT molecular complexity index is 567. The summed E-state index contributed by atoms with van der Waals surface area (Å²) in [5, 5.41) is 6.59. The highest BCUT2D eigenvalue weighted by atomic mass is 16.5. The number of hydrogen-bond acceptors (Lipinski definition) is 6. The second-order valence-corrected chi connectivity index (χ2v) is 7.99. The molecular weight excluding hydrogens is 356 g/mol. The summed E-state index contributed by atoms with van der Waals surface area (Å²) < 4.78 is 9.80. The average Bonchev–Trinajstić information content (AvgIpc) is 2.66. The number of esters is 2. The van der Waals surface area contributed by atoms with Gasteiger partial charge in [-0.1, -0.05) is 52.0 Å². The molecule has 0 saturated heterocycles. The zero-order chi connectivity index (χ0) is 21.1. The van der Waals surface area contributed by atoms with E-state index in [1.54, 1.807) is 0 Å². The van der Waals surface area contributed by atoms with Crippen LogP contribution < -0.4 is 10.6 Å². The van der Waals surface area contributed by atoms with E-state index in [0.29, 0.717) is 24.9 Å². The topological polar surface area (TPSA) is 76.7 Å². The van der Waals surface area contributed by atoms with Gasteiger partial charge >= 0.3 is 11.9 Å². The van der Waals surface area contributed by atoms with Crippen molar-refractivity contribution in [2.24, 2.45) is 11.8 Å². The molecule has 28 heavy (non-hydrogen) atoms. The van der Waals surface area contributed by atoms with Crippen molar-refractivity contribution in [2.75, 3.05) is 14.2 Å². The molecule has 0 heterocycles. The van der Waals surface area contributed by atoms with E-state index in [4.69, 9.17) is 9.47 Å². The van der Waals surface area contributed by atoms with Gasteiger partial charge < -0.3 is 20.1 Å². The molecule has 2 N–H and O–H groups in total. The van der Waals surface area contributed by atoms with Gasteiger partial charge in [0.2, 0.25) is 0 Å². The average molecular weight is 393 g/mol. The highest BCUT2D eigenvalue weighted by molar-refractivity contribution is 5.76. The Hall–Kier alpha value is -1.92. The standard InChI is InChI=1S/C22H36N2O4/c1-15(2)10-19(21(25)27-5)23-13-17-8-7-9-18(12-17)14-24-20(11-16(3)4)22(26)28-6/h7-9,12,15-16,19-20,23-24H,10-11,13-14H2,1-6H3/t19-,20-/m0/s1. The second kappa shape index (κ2) is 12.5. The molecule has 0 aromatic heterocycles. The van der Waals surface area contributed by atoms with E-state index in [0.717, 1.165) is 24.0 Å². The number of ether oxygens (including phenoxy) is 2. The predicted molar refractivity (Wildman–Crippen MR) is 111 cm³/mol. The normalized spacial score (nSPS) is 13.4. The third-order valence-electron chi connectivity index (χ3n) is 4.48. The molecule has 2 atom stereocenters. The Kier molecular flexibility index (Phi) is 10.8. The minimum atomic E-state index is -0.318. The van der Waals surface area contributed by atoms with Crippen LogP contribution >= 0.6 is 0 Å². The van der Waals surface area contributed by atoms with E-state index in [2.05, 4.69) is 44.4 Å². The lowest BCUT2D eigenvalue weighted by Crippen LogP contribution is -2.38. The van der Waals surface area contributed by atoms with Crippen molar-refractivity contribution in [3.8, 4) is 0 Å². The number of methoxy groups -OCH3 is 2. The number of carbonyl (C=O) groups is 2. The number of nitrogens with one attached hydrogen (secondary N) is 2. The molecule has 1 rings (SSSR count). The Morgan fingerprint density at radius 3 is 1.54 bits per heavy atom. The highest BCUT2D eigenvalue weighted by Gasteiger charge is 2.21. The van der Waals surface area contributed by atoms with Crippen LogP contribution in [0.1, 0.15) is 51.7 Å². The molecule has 1 aromatic rings. The minimum absolute atomic E-state index is 0.235. The van der Waals surface area contributed by atoms with Crippen LogP contribution in [0.2, 0.25) is 0 Å². The first-order valence-electron chi connectivity index (χ1n) is 9.97. The predicted octanol–water partition coefficient (Wildman–Crippen LogP) is 3.04. The van der Waals surface area contributed by atoms with Crippen molar-refractivity contribution in [1.29, 1.82) is 0 Å². The SMILES string of the molecule is COC(=O)[C@H](CC(C)C)NCc1cccc(CN[C@@H](CC(C)C)C(=O)OC)c1. The van der Waals surface area contributed by atoms with Crippen LogP contribution in [0.15, 0.2) is 24.3 Å². The van der Waals surface area contributed by atoms with Gasteiger partial charge in [0.05, 0.1) is 14.2 Å². The van der Waals surface area contributed by atoms with E-state index in [1.807, 2.05) is 18.2 Å². The summed E-state index contributed by atoms with van der Waals surface area (Å²) in [5.74, 6) is 0.314. The van der Waals surface area contributed by atoms with Crippen LogP contribution in [0, 0.1) is 11.8 Å². The Morgan fingerprint density at radius 2 is 1.21 bits per heavy atom. The van der Waals surface area contributed by atoms with Crippen LogP contribution in [0.5, 0.6) is 0 Å². The van der Waals surface area contributed by atoms with E-state index in [-0.39, 0.29) is 24.0 Å². The highest BCUT2D eigenvalue weighted by Crippen LogP contribution is 2.11. The molecule has 6 heteroatoms. The van der Waals surface area contributed by atoms with Crippen molar-refractivity contribution in [3.63, 3.8) is 0 Å². The molecule has 0 fully saturated rings. The third kappa shape index (κ3) is 8.85. The van der Waals surface area contributed by atoms with Gasteiger partial charge in [0.15, 0.2) is 0 Å². The lowest BCUT2D eigenvalue weighted by molar-refractivity contribution is -0.144. The van der Waals surface area contributed by atoms with E-state index < -0.39 is 0 Å². The molecule has 0 aliphatic heterocycles. The van der Waals surface area contributed by atoms with Gasteiger partial charge in [-0.2, -0.15) is 0 Å². The number of benzene rings is 1. The lowest BCUT2D eigenvalue weighted by Gasteiger charge is -2.19. The van der Waals surface area contributed by atoms with Crippen molar-refractivity contribution >= 4 is 11.9 Å². The summed E-state index contributed by atoms with van der Waals surface area (Å²) in [6.07, 6.45) is 1.45. The van der Waals surface area contributed by atoms with Crippen molar-refractivity contribution in [2.45, 2.75) is 65.7 Å². The number of rotatable bonds is 12. The summed E-state index contributed by atoms with van der Waals surface area (Å²) in [6.45, 7) is 9.48. The monoisotopic (exact) mass is 392 g/mol. The molecule has 1 aromatic carbocycles. The van der Waals surface area contributed by atoms with Crippen LogP contribution in [0.4, 0.5) is 0 Å². The second-order valence-electron chi connectivity index (χ2n) is 7.99. The molecular formula is C22H36N2O4. The minimum Gasteiger partial charge on any atom is -0.468 e. The molecule has 0 unspecified atom stereocenters. The largest absolute Gasteiger partial charge is 0.468 e. The number of carbonyl (C=O) groups excluding carboxylic acids is 2. The van der Waals surface area contributed by atoms with E-state index in [9.17, 15) is 9.59 Å². The van der Waals surface area contributed by atoms with Crippen LogP contribution in [-0.2, 0) is 32.2 Å². The first kappa shape index (κ1) is 24.1.